The first-order valence-corrected chi connectivity index (χ1v) is 5.06. The summed E-state index contributed by atoms with van der Waals surface area (Å²) >= 11 is 0. The predicted octanol–water partition coefficient (Wildman–Crippen LogP) is -0.260. The molecule has 102 valence electrons. The summed E-state index contributed by atoms with van der Waals surface area (Å²) in [6.07, 6.45) is -4.57. The molecule has 1 aliphatic heterocycles. The Morgan fingerprint density at radius 1 is 1.44 bits per heavy atom. The minimum absolute atomic E-state index is 0.0450. The van der Waals surface area contributed by atoms with E-state index in [-0.39, 0.29) is 17.7 Å². The van der Waals surface area contributed by atoms with Gasteiger partial charge in [-0.05, 0) is 6.42 Å². The monoisotopic (exact) mass is 268 g/mol. The number of carbonyl (C=O) groups is 3. The average molecular weight is 268 g/mol. The molecule has 0 aromatic carbocycles. The summed E-state index contributed by atoms with van der Waals surface area (Å²) < 4.78 is 36.6. The fourth-order valence-corrected chi connectivity index (χ4v) is 1.61. The molecule has 0 spiro atoms. The van der Waals surface area contributed by atoms with Crippen LogP contribution in [0.15, 0.2) is 0 Å². The molecule has 2 N–H and O–H groups in total. The zero-order chi connectivity index (χ0) is 13.9. The van der Waals surface area contributed by atoms with Gasteiger partial charge in [0.2, 0.25) is 11.8 Å². The van der Waals surface area contributed by atoms with Crippen molar-refractivity contribution in [3.05, 3.63) is 0 Å². The van der Waals surface area contributed by atoms with E-state index in [2.05, 4.69) is 5.32 Å². The topological polar surface area (TPSA) is 86.7 Å². The number of carboxylic acid groups (broad SMARTS) is 1. The average Bonchev–Trinajstić information content (AvgIpc) is 2.59. The third kappa shape index (κ3) is 4.22. The molecular weight excluding hydrogens is 257 g/mol. The summed E-state index contributed by atoms with van der Waals surface area (Å²) in [5.41, 5.74) is 0. The van der Waals surface area contributed by atoms with Gasteiger partial charge in [-0.25, -0.2) is 0 Å². The van der Waals surface area contributed by atoms with E-state index in [0.29, 0.717) is 0 Å². The molecule has 0 aromatic heterocycles. The fourth-order valence-electron chi connectivity index (χ4n) is 1.61. The molecule has 6 nitrogen and oxygen atoms in total. The van der Waals surface area contributed by atoms with Gasteiger partial charge in [0.25, 0.3) is 0 Å². The van der Waals surface area contributed by atoms with Gasteiger partial charge in [-0.15, -0.1) is 0 Å². The van der Waals surface area contributed by atoms with Crippen LogP contribution in [-0.2, 0) is 14.4 Å². The summed E-state index contributed by atoms with van der Waals surface area (Å²) in [6.45, 7) is -2.70. The molecule has 1 aliphatic rings. The second-order valence-corrected chi connectivity index (χ2v) is 3.86. The zero-order valence-corrected chi connectivity index (χ0v) is 9.16. The first-order valence-electron chi connectivity index (χ1n) is 5.06. The Labute approximate surface area is 99.7 Å². The molecule has 1 atom stereocenters. The highest BCUT2D eigenvalue weighted by Crippen LogP contribution is 2.18. The number of aliphatic carboxylic acids is 1. The van der Waals surface area contributed by atoms with Gasteiger partial charge in [-0.1, -0.05) is 0 Å². The molecule has 0 radical (unpaired) electrons. The lowest BCUT2D eigenvalue weighted by Gasteiger charge is -2.24. The molecule has 0 aromatic rings. The van der Waals surface area contributed by atoms with Crippen molar-refractivity contribution < 1.29 is 32.7 Å². The number of halogens is 3. The first-order chi connectivity index (χ1) is 8.19. The molecule has 1 rings (SSSR count). The third-order valence-electron chi connectivity index (χ3n) is 2.30. The number of hydrogen-bond donors (Lipinski definition) is 2. The van der Waals surface area contributed by atoms with Gasteiger partial charge in [-0.2, -0.15) is 13.2 Å². The Bertz CT molecular complexity index is 369. The summed E-state index contributed by atoms with van der Waals surface area (Å²) in [6, 6.07) is -1.07. The van der Waals surface area contributed by atoms with Crippen LogP contribution in [-0.4, -0.2) is 53.1 Å². The van der Waals surface area contributed by atoms with Crippen molar-refractivity contribution in [2.24, 2.45) is 0 Å². The van der Waals surface area contributed by atoms with Crippen LogP contribution >= 0.6 is 0 Å². The van der Waals surface area contributed by atoms with Gasteiger partial charge in [0.1, 0.15) is 19.1 Å². The first kappa shape index (κ1) is 14.3. The molecule has 9 heteroatoms. The summed E-state index contributed by atoms with van der Waals surface area (Å²) in [5.74, 6) is -3.01. The van der Waals surface area contributed by atoms with Crippen molar-refractivity contribution in [2.45, 2.75) is 25.1 Å². The number of nitrogens with one attached hydrogen (secondary N) is 1. The Morgan fingerprint density at radius 3 is 2.44 bits per heavy atom. The number of amides is 2. The van der Waals surface area contributed by atoms with Crippen molar-refractivity contribution in [2.75, 3.05) is 13.1 Å². The van der Waals surface area contributed by atoms with Gasteiger partial charge in [0.15, 0.2) is 0 Å². The quantitative estimate of drug-likeness (QED) is 0.735. The molecule has 2 amide bonds. The highest BCUT2D eigenvalue weighted by Gasteiger charge is 2.38. The fraction of sp³-hybridized carbons (Fsp3) is 0.667. The van der Waals surface area contributed by atoms with Crippen molar-refractivity contribution in [3.8, 4) is 0 Å². The van der Waals surface area contributed by atoms with Crippen LogP contribution in [0.1, 0.15) is 12.8 Å². The molecule has 0 aliphatic carbocycles. The molecule has 1 unspecified atom stereocenters. The van der Waals surface area contributed by atoms with E-state index in [1.165, 1.54) is 0 Å². The maximum Gasteiger partial charge on any atom is 0.406 e. The molecular formula is C9H11F3N2O4. The van der Waals surface area contributed by atoms with Crippen LogP contribution in [0.2, 0.25) is 0 Å². The van der Waals surface area contributed by atoms with E-state index in [1.807, 2.05) is 0 Å². The van der Waals surface area contributed by atoms with Gasteiger partial charge in [0, 0.05) is 6.42 Å². The minimum atomic E-state index is -4.69. The van der Waals surface area contributed by atoms with E-state index in [0.717, 1.165) is 0 Å². The van der Waals surface area contributed by atoms with E-state index in [9.17, 15) is 27.6 Å². The maximum absolute atomic E-state index is 12.2. The molecule has 1 saturated heterocycles. The van der Waals surface area contributed by atoms with E-state index in [1.54, 1.807) is 0 Å². The van der Waals surface area contributed by atoms with Gasteiger partial charge >= 0.3 is 12.1 Å². The number of carboxylic acids is 1. The van der Waals surface area contributed by atoms with Crippen LogP contribution in [0.5, 0.6) is 0 Å². The number of alkyl halides is 3. The third-order valence-corrected chi connectivity index (χ3v) is 2.30. The van der Waals surface area contributed by atoms with Gasteiger partial charge < -0.3 is 15.3 Å². The number of rotatable bonds is 4. The van der Waals surface area contributed by atoms with E-state index in [4.69, 9.17) is 5.11 Å². The lowest BCUT2D eigenvalue weighted by Crippen LogP contribution is -2.49. The number of nitrogens with zero attached hydrogens (tertiary/aromatic N) is 1. The lowest BCUT2D eigenvalue weighted by molar-refractivity contribution is -0.166. The van der Waals surface area contributed by atoms with Crippen LogP contribution in [0.25, 0.3) is 0 Å². The van der Waals surface area contributed by atoms with E-state index >= 15 is 0 Å². The largest absolute Gasteiger partial charge is 0.480 e. The molecule has 18 heavy (non-hydrogen) atoms. The lowest BCUT2D eigenvalue weighted by atomic mass is 10.2. The Balaban J connectivity index is 2.72. The SMILES string of the molecule is O=C(O)CN(CC(F)(F)F)C(=O)C1CCC(=O)N1. The highest BCUT2D eigenvalue weighted by molar-refractivity contribution is 5.92. The Hall–Kier alpha value is -1.80. The van der Waals surface area contributed by atoms with Crippen molar-refractivity contribution in [1.29, 1.82) is 0 Å². The van der Waals surface area contributed by atoms with Crippen LogP contribution in [0.3, 0.4) is 0 Å². The smallest absolute Gasteiger partial charge is 0.406 e. The second kappa shape index (κ2) is 5.23. The standard InChI is InChI=1S/C9H11F3N2O4/c10-9(11,12)4-14(3-7(16)17)8(18)5-1-2-6(15)13-5/h5H,1-4H2,(H,13,15)(H,16,17). The van der Waals surface area contributed by atoms with Crippen LogP contribution < -0.4 is 5.32 Å². The van der Waals surface area contributed by atoms with Crippen LogP contribution in [0, 0.1) is 0 Å². The van der Waals surface area contributed by atoms with Crippen molar-refractivity contribution in [1.82, 2.24) is 10.2 Å². The van der Waals surface area contributed by atoms with Crippen molar-refractivity contribution >= 4 is 17.8 Å². The Kier molecular flexibility index (Phi) is 4.15. The van der Waals surface area contributed by atoms with E-state index < -0.39 is 43.1 Å². The summed E-state index contributed by atoms with van der Waals surface area (Å²) in [4.78, 5) is 33.1. The zero-order valence-electron chi connectivity index (χ0n) is 9.16. The molecule has 1 heterocycles. The molecule has 0 saturated carbocycles. The molecule has 1 fully saturated rings. The maximum atomic E-state index is 12.2. The summed E-state index contributed by atoms with van der Waals surface area (Å²) in [7, 11) is 0. The normalized spacial score (nSPS) is 19.5. The highest BCUT2D eigenvalue weighted by atomic mass is 19.4. The molecule has 0 bridgehead atoms. The number of hydrogen-bond acceptors (Lipinski definition) is 3. The Morgan fingerprint density at radius 2 is 2.06 bits per heavy atom. The predicted molar refractivity (Wildman–Crippen MR) is 51.4 cm³/mol. The van der Waals surface area contributed by atoms with Crippen molar-refractivity contribution in [3.63, 3.8) is 0 Å². The van der Waals surface area contributed by atoms with Crippen LogP contribution in [0.4, 0.5) is 13.2 Å². The summed E-state index contributed by atoms with van der Waals surface area (Å²) in [5, 5.41) is 10.7. The van der Waals surface area contributed by atoms with Gasteiger partial charge in [0.05, 0.1) is 0 Å². The minimum Gasteiger partial charge on any atom is -0.480 e. The van der Waals surface area contributed by atoms with Gasteiger partial charge in [-0.3, -0.25) is 14.4 Å². The number of carbonyl (C=O) groups excluding carboxylic acids is 2. The second-order valence-electron chi connectivity index (χ2n) is 3.86.